The molecule has 1 aromatic rings. The predicted octanol–water partition coefficient (Wildman–Crippen LogP) is 1.31. The number of carbonyl (C=O) groups is 1. The van der Waals surface area contributed by atoms with Crippen LogP contribution in [0.3, 0.4) is 0 Å². The van der Waals surface area contributed by atoms with Crippen LogP contribution in [0.15, 0.2) is 11.6 Å². The maximum atomic E-state index is 10.1. The molecule has 0 bridgehead atoms. The Labute approximate surface area is 62.3 Å². The van der Waals surface area contributed by atoms with Crippen molar-refractivity contribution in [2.45, 2.75) is 5.25 Å². The third kappa shape index (κ3) is 1.53. The molecule has 1 rings (SSSR count). The minimum atomic E-state index is -0.343. The van der Waals surface area contributed by atoms with Crippen LogP contribution < -0.4 is 0 Å². The lowest BCUT2D eigenvalue weighted by Gasteiger charge is -1.92. The topological polar surface area (TPSA) is 30.0 Å². The largest absolute Gasteiger partial charge is 0.302 e. The van der Waals surface area contributed by atoms with Crippen molar-refractivity contribution in [2.75, 3.05) is 0 Å². The van der Waals surface area contributed by atoms with Crippen molar-refractivity contribution in [1.29, 1.82) is 0 Å². The second-order valence-corrected chi connectivity index (χ2v) is 2.93. The first-order valence-corrected chi connectivity index (χ1v) is 3.77. The van der Waals surface area contributed by atoms with Gasteiger partial charge in [0.15, 0.2) is 0 Å². The first-order chi connectivity index (χ1) is 4.34. The molecule has 0 saturated carbocycles. The van der Waals surface area contributed by atoms with Crippen LogP contribution in [0, 0.1) is 0 Å². The van der Waals surface area contributed by atoms with Gasteiger partial charge in [-0.15, -0.1) is 11.3 Å². The molecule has 48 valence electrons. The Morgan fingerprint density at radius 3 is 3.11 bits per heavy atom. The number of thiol groups is 1. The van der Waals surface area contributed by atoms with E-state index in [0.717, 1.165) is 11.3 Å². The molecule has 0 N–H and O–H groups in total. The average Bonchev–Trinajstić information content (AvgIpc) is 2.37. The molecule has 0 saturated heterocycles. The van der Waals surface area contributed by atoms with Crippen molar-refractivity contribution in [3.63, 3.8) is 0 Å². The van der Waals surface area contributed by atoms with Crippen molar-refractivity contribution >= 4 is 30.3 Å². The normalized spacial score (nSPS) is 13.0. The number of thiazole rings is 1. The summed E-state index contributed by atoms with van der Waals surface area (Å²) in [5.74, 6) is 0. The van der Waals surface area contributed by atoms with Crippen LogP contribution >= 0.6 is 24.0 Å². The van der Waals surface area contributed by atoms with Crippen molar-refractivity contribution in [1.82, 2.24) is 4.98 Å². The maximum Gasteiger partial charge on any atom is 0.139 e. The van der Waals surface area contributed by atoms with E-state index in [-0.39, 0.29) is 5.25 Å². The maximum absolute atomic E-state index is 10.1. The Balaban J connectivity index is 2.76. The lowest BCUT2D eigenvalue weighted by atomic mass is 10.5. The number of aromatic nitrogens is 1. The number of carbonyl (C=O) groups excluding carboxylic acids is 1. The van der Waals surface area contributed by atoms with Gasteiger partial charge in [0.2, 0.25) is 0 Å². The summed E-state index contributed by atoms with van der Waals surface area (Å²) in [6, 6.07) is 0. The summed E-state index contributed by atoms with van der Waals surface area (Å²) in [6.45, 7) is 0. The van der Waals surface area contributed by atoms with Crippen LogP contribution in [0.5, 0.6) is 0 Å². The molecule has 1 unspecified atom stereocenters. The Morgan fingerprint density at radius 1 is 1.89 bits per heavy atom. The van der Waals surface area contributed by atoms with Gasteiger partial charge < -0.3 is 4.79 Å². The molecule has 0 aliphatic heterocycles. The Morgan fingerprint density at radius 2 is 2.67 bits per heavy atom. The second-order valence-electron chi connectivity index (χ2n) is 1.45. The SMILES string of the molecule is O=CC(S)c1nccs1. The van der Waals surface area contributed by atoms with E-state index in [2.05, 4.69) is 17.6 Å². The molecule has 0 aromatic carbocycles. The molecule has 1 aromatic heterocycles. The first-order valence-electron chi connectivity index (χ1n) is 2.37. The number of nitrogens with zero attached hydrogens (tertiary/aromatic N) is 1. The van der Waals surface area contributed by atoms with Gasteiger partial charge in [-0.25, -0.2) is 4.98 Å². The van der Waals surface area contributed by atoms with Gasteiger partial charge in [0.1, 0.15) is 16.5 Å². The van der Waals surface area contributed by atoms with Gasteiger partial charge in [0.05, 0.1) is 0 Å². The zero-order valence-corrected chi connectivity index (χ0v) is 6.23. The van der Waals surface area contributed by atoms with E-state index < -0.39 is 0 Å². The van der Waals surface area contributed by atoms with E-state index in [1.54, 1.807) is 6.20 Å². The Bertz CT molecular complexity index is 185. The summed E-state index contributed by atoms with van der Waals surface area (Å²) in [5.41, 5.74) is 0. The summed E-state index contributed by atoms with van der Waals surface area (Å²) >= 11 is 5.40. The van der Waals surface area contributed by atoms with Crippen LogP contribution in [0.4, 0.5) is 0 Å². The highest BCUT2D eigenvalue weighted by Crippen LogP contribution is 2.18. The van der Waals surface area contributed by atoms with Crippen molar-refractivity contribution in [3.8, 4) is 0 Å². The van der Waals surface area contributed by atoms with Gasteiger partial charge in [-0.05, 0) is 0 Å². The lowest BCUT2D eigenvalue weighted by molar-refractivity contribution is -0.107. The van der Waals surface area contributed by atoms with E-state index in [1.807, 2.05) is 5.38 Å². The first kappa shape index (κ1) is 6.77. The summed E-state index contributed by atoms with van der Waals surface area (Å²) in [4.78, 5) is 14.0. The zero-order valence-electron chi connectivity index (χ0n) is 4.52. The van der Waals surface area contributed by atoms with Gasteiger partial charge >= 0.3 is 0 Å². The van der Waals surface area contributed by atoms with Gasteiger partial charge in [0, 0.05) is 11.6 Å². The van der Waals surface area contributed by atoms with Crippen molar-refractivity contribution in [3.05, 3.63) is 16.6 Å². The van der Waals surface area contributed by atoms with Crippen LogP contribution in [0.25, 0.3) is 0 Å². The number of aldehydes is 1. The predicted molar refractivity (Wildman–Crippen MR) is 39.9 cm³/mol. The molecule has 9 heavy (non-hydrogen) atoms. The van der Waals surface area contributed by atoms with Gasteiger partial charge in [-0.1, -0.05) is 0 Å². The fourth-order valence-electron chi connectivity index (χ4n) is 0.439. The van der Waals surface area contributed by atoms with E-state index in [9.17, 15) is 4.79 Å². The second kappa shape index (κ2) is 2.98. The van der Waals surface area contributed by atoms with E-state index in [1.165, 1.54) is 11.3 Å². The smallest absolute Gasteiger partial charge is 0.139 e. The van der Waals surface area contributed by atoms with Crippen LogP contribution in [-0.2, 0) is 4.79 Å². The van der Waals surface area contributed by atoms with Gasteiger partial charge in [0.25, 0.3) is 0 Å². The fourth-order valence-corrected chi connectivity index (χ4v) is 1.27. The van der Waals surface area contributed by atoms with E-state index in [4.69, 9.17) is 0 Å². The molecule has 0 spiro atoms. The molecule has 0 radical (unpaired) electrons. The molecule has 0 fully saturated rings. The monoisotopic (exact) mass is 159 g/mol. The van der Waals surface area contributed by atoms with Crippen LogP contribution in [0.1, 0.15) is 10.3 Å². The lowest BCUT2D eigenvalue weighted by Crippen LogP contribution is -1.87. The number of hydrogen-bond acceptors (Lipinski definition) is 4. The van der Waals surface area contributed by atoms with Crippen LogP contribution in [-0.4, -0.2) is 11.3 Å². The third-order valence-electron chi connectivity index (χ3n) is 0.833. The molecule has 1 atom stereocenters. The highest BCUT2D eigenvalue weighted by atomic mass is 32.1. The van der Waals surface area contributed by atoms with E-state index >= 15 is 0 Å². The summed E-state index contributed by atoms with van der Waals surface area (Å²) in [7, 11) is 0. The molecule has 0 amide bonds. The summed E-state index contributed by atoms with van der Waals surface area (Å²) in [6.07, 6.45) is 2.43. The molecule has 2 nitrogen and oxygen atoms in total. The van der Waals surface area contributed by atoms with Gasteiger partial charge in [-0.2, -0.15) is 12.6 Å². The molecule has 0 aliphatic rings. The highest BCUT2D eigenvalue weighted by molar-refractivity contribution is 7.81. The highest BCUT2D eigenvalue weighted by Gasteiger charge is 2.04. The standard InChI is InChI=1S/C5H5NOS2/c7-3-4(8)5-6-1-2-9-5/h1-4,8H. The van der Waals surface area contributed by atoms with Crippen LogP contribution in [0.2, 0.25) is 0 Å². The Hall–Kier alpha value is -0.350. The number of rotatable bonds is 2. The zero-order chi connectivity index (χ0) is 6.69. The summed E-state index contributed by atoms with van der Waals surface area (Å²) in [5, 5.41) is 2.24. The van der Waals surface area contributed by atoms with Crippen molar-refractivity contribution in [2.24, 2.45) is 0 Å². The number of hydrogen-bond donors (Lipinski definition) is 1. The molecular formula is C5H5NOS2. The Kier molecular flexibility index (Phi) is 2.24. The summed E-state index contributed by atoms with van der Waals surface area (Å²) < 4.78 is 0. The van der Waals surface area contributed by atoms with Gasteiger partial charge in [-0.3, -0.25) is 0 Å². The minimum absolute atomic E-state index is 0.343. The fraction of sp³-hybridized carbons (Fsp3) is 0.200. The van der Waals surface area contributed by atoms with E-state index in [0.29, 0.717) is 0 Å². The minimum Gasteiger partial charge on any atom is -0.302 e. The molecule has 1 heterocycles. The third-order valence-corrected chi connectivity index (χ3v) is 2.23. The van der Waals surface area contributed by atoms with Crippen molar-refractivity contribution < 1.29 is 4.79 Å². The quantitative estimate of drug-likeness (QED) is 0.521. The molecular weight excluding hydrogens is 154 g/mol. The average molecular weight is 159 g/mol. The molecule has 0 aliphatic carbocycles. The molecule has 4 heteroatoms.